The first-order chi connectivity index (χ1) is 11.1. The number of guanidine groups is 1. The van der Waals surface area contributed by atoms with Gasteiger partial charge < -0.3 is 15.8 Å². The summed E-state index contributed by atoms with van der Waals surface area (Å²) in [5, 5.41) is 3.30. The maximum absolute atomic E-state index is 6.01. The molecule has 1 fully saturated rings. The topological polar surface area (TPSA) is 62.9 Å². The summed E-state index contributed by atoms with van der Waals surface area (Å²) in [5.74, 6) is 1.97. The fourth-order valence-electron chi connectivity index (χ4n) is 2.97. The van der Waals surface area contributed by atoms with E-state index in [1.54, 1.807) is 7.11 Å². The second-order valence-electron chi connectivity index (χ2n) is 6.50. The van der Waals surface area contributed by atoms with Crippen molar-refractivity contribution in [1.29, 1.82) is 0 Å². The van der Waals surface area contributed by atoms with Gasteiger partial charge in [-0.05, 0) is 37.9 Å². The van der Waals surface area contributed by atoms with E-state index in [4.69, 9.17) is 10.5 Å². The molecule has 1 aliphatic heterocycles. The molecule has 23 heavy (non-hydrogen) atoms. The van der Waals surface area contributed by atoms with Gasteiger partial charge in [0.2, 0.25) is 0 Å². The van der Waals surface area contributed by atoms with Crippen LogP contribution in [0, 0.1) is 5.92 Å². The lowest BCUT2D eigenvalue weighted by atomic mass is 10.0. The molecule has 1 aromatic carbocycles. The van der Waals surface area contributed by atoms with Crippen molar-refractivity contribution in [2.75, 3.05) is 33.3 Å². The van der Waals surface area contributed by atoms with Crippen molar-refractivity contribution >= 4 is 5.96 Å². The molecule has 0 saturated carbocycles. The molecule has 1 aliphatic rings. The van der Waals surface area contributed by atoms with E-state index in [-0.39, 0.29) is 6.04 Å². The molecule has 0 aliphatic carbocycles. The second kappa shape index (κ2) is 8.77. The predicted octanol–water partition coefficient (Wildman–Crippen LogP) is 2.39. The Labute approximate surface area is 139 Å². The number of likely N-dealkylation sites (tertiary alicyclic amines) is 1. The monoisotopic (exact) mass is 318 g/mol. The van der Waals surface area contributed by atoms with Crippen molar-refractivity contribution < 1.29 is 4.74 Å². The molecular formula is C18H30N4O. The van der Waals surface area contributed by atoms with Crippen LogP contribution in [-0.4, -0.2) is 44.1 Å². The SMILES string of the molecule is COc1ccccc1C(CNC(N)=NCC(C)C)N1CCCC1. The van der Waals surface area contributed by atoms with Crippen LogP contribution >= 0.6 is 0 Å². The van der Waals surface area contributed by atoms with Gasteiger partial charge >= 0.3 is 0 Å². The summed E-state index contributed by atoms with van der Waals surface area (Å²) in [4.78, 5) is 6.89. The second-order valence-corrected chi connectivity index (χ2v) is 6.50. The summed E-state index contributed by atoms with van der Waals surface area (Å²) in [6, 6.07) is 8.49. The lowest BCUT2D eigenvalue weighted by Gasteiger charge is -2.29. The Balaban J connectivity index is 2.10. The van der Waals surface area contributed by atoms with Crippen molar-refractivity contribution in [3.05, 3.63) is 29.8 Å². The number of nitrogens with zero attached hydrogens (tertiary/aromatic N) is 2. The molecule has 0 amide bonds. The van der Waals surface area contributed by atoms with Gasteiger partial charge in [0.1, 0.15) is 5.75 Å². The number of aliphatic imine (C=N–C) groups is 1. The van der Waals surface area contributed by atoms with E-state index in [9.17, 15) is 0 Å². The summed E-state index contributed by atoms with van der Waals surface area (Å²) < 4.78 is 5.56. The highest BCUT2D eigenvalue weighted by Crippen LogP contribution is 2.31. The number of methoxy groups -OCH3 is 1. The van der Waals surface area contributed by atoms with Crippen LogP contribution in [0.4, 0.5) is 0 Å². The molecule has 5 nitrogen and oxygen atoms in total. The third kappa shape index (κ3) is 5.13. The molecule has 1 saturated heterocycles. The largest absolute Gasteiger partial charge is 0.496 e. The normalized spacial score (nSPS) is 17.5. The molecule has 1 heterocycles. The number of para-hydroxylation sites is 1. The van der Waals surface area contributed by atoms with E-state index in [1.165, 1.54) is 18.4 Å². The van der Waals surface area contributed by atoms with Gasteiger partial charge in [-0.3, -0.25) is 9.89 Å². The quantitative estimate of drug-likeness (QED) is 0.598. The molecule has 0 bridgehead atoms. The molecule has 0 spiro atoms. The van der Waals surface area contributed by atoms with Crippen LogP contribution in [0.5, 0.6) is 5.75 Å². The third-order valence-corrected chi connectivity index (χ3v) is 4.18. The number of rotatable bonds is 7. The molecule has 0 radical (unpaired) electrons. The highest BCUT2D eigenvalue weighted by Gasteiger charge is 2.25. The molecule has 1 unspecified atom stereocenters. The van der Waals surface area contributed by atoms with Crippen molar-refractivity contribution in [2.45, 2.75) is 32.7 Å². The molecule has 5 heteroatoms. The van der Waals surface area contributed by atoms with Gasteiger partial charge in [-0.25, -0.2) is 0 Å². The summed E-state index contributed by atoms with van der Waals surface area (Å²) >= 11 is 0. The van der Waals surface area contributed by atoms with Gasteiger partial charge in [-0.2, -0.15) is 0 Å². The van der Waals surface area contributed by atoms with E-state index in [0.29, 0.717) is 11.9 Å². The first-order valence-electron chi connectivity index (χ1n) is 8.52. The Bertz CT molecular complexity index is 509. The van der Waals surface area contributed by atoms with Gasteiger partial charge in [-0.15, -0.1) is 0 Å². The van der Waals surface area contributed by atoms with E-state index in [1.807, 2.05) is 12.1 Å². The molecule has 1 atom stereocenters. The van der Waals surface area contributed by atoms with E-state index in [2.05, 4.69) is 41.2 Å². The highest BCUT2D eigenvalue weighted by atomic mass is 16.5. The lowest BCUT2D eigenvalue weighted by Crippen LogP contribution is -2.40. The van der Waals surface area contributed by atoms with Crippen LogP contribution in [0.25, 0.3) is 0 Å². The highest BCUT2D eigenvalue weighted by molar-refractivity contribution is 5.77. The van der Waals surface area contributed by atoms with Crippen molar-refractivity contribution in [1.82, 2.24) is 10.2 Å². The number of hydrogen-bond acceptors (Lipinski definition) is 3. The number of benzene rings is 1. The van der Waals surface area contributed by atoms with Crippen LogP contribution in [0.1, 0.15) is 38.3 Å². The van der Waals surface area contributed by atoms with E-state index in [0.717, 1.165) is 31.9 Å². The van der Waals surface area contributed by atoms with Crippen LogP contribution in [0.3, 0.4) is 0 Å². The zero-order valence-electron chi connectivity index (χ0n) is 14.6. The third-order valence-electron chi connectivity index (χ3n) is 4.18. The molecular weight excluding hydrogens is 288 g/mol. The van der Waals surface area contributed by atoms with Gasteiger partial charge in [0.25, 0.3) is 0 Å². The number of nitrogens with one attached hydrogen (secondary N) is 1. The van der Waals surface area contributed by atoms with Crippen molar-refractivity contribution in [2.24, 2.45) is 16.6 Å². The molecule has 0 aromatic heterocycles. The molecule has 1 aromatic rings. The average molecular weight is 318 g/mol. The van der Waals surface area contributed by atoms with Crippen LogP contribution < -0.4 is 15.8 Å². The Hall–Kier alpha value is -1.75. The Morgan fingerprint density at radius 2 is 2.00 bits per heavy atom. The molecule has 128 valence electrons. The smallest absolute Gasteiger partial charge is 0.188 e. The van der Waals surface area contributed by atoms with Crippen LogP contribution in [0.15, 0.2) is 29.3 Å². The maximum atomic E-state index is 6.01. The summed E-state index contributed by atoms with van der Waals surface area (Å²) in [5.41, 5.74) is 7.22. The fourth-order valence-corrected chi connectivity index (χ4v) is 2.97. The number of hydrogen-bond donors (Lipinski definition) is 2. The Kier molecular flexibility index (Phi) is 6.71. The Morgan fingerprint density at radius 1 is 1.30 bits per heavy atom. The van der Waals surface area contributed by atoms with Gasteiger partial charge in [0, 0.05) is 18.7 Å². The minimum absolute atomic E-state index is 0.251. The maximum Gasteiger partial charge on any atom is 0.188 e. The van der Waals surface area contributed by atoms with Crippen molar-refractivity contribution in [3.8, 4) is 5.75 Å². The minimum Gasteiger partial charge on any atom is -0.496 e. The van der Waals surface area contributed by atoms with E-state index < -0.39 is 0 Å². The zero-order valence-corrected chi connectivity index (χ0v) is 14.6. The van der Waals surface area contributed by atoms with E-state index >= 15 is 0 Å². The van der Waals surface area contributed by atoms with Crippen LogP contribution in [-0.2, 0) is 0 Å². The number of ether oxygens (including phenoxy) is 1. The minimum atomic E-state index is 0.251. The summed E-state index contributed by atoms with van der Waals surface area (Å²) in [7, 11) is 1.73. The lowest BCUT2D eigenvalue weighted by molar-refractivity contribution is 0.239. The molecule has 2 rings (SSSR count). The Morgan fingerprint density at radius 3 is 2.65 bits per heavy atom. The van der Waals surface area contributed by atoms with Gasteiger partial charge in [-0.1, -0.05) is 32.0 Å². The first-order valence-corrected chi connectivity index (χ1v) is 8.52. The molecule has 3 N–H and O–H groups in total. The summed E-state index contributed by atoms with van der Waals surface area (Å²) in [6.07, 6.45) is 2.51. The fraction of sp³-hybridized carbons (Fsp3) is 0.611. The predicted molar refractivity (Wildman–Crippen MR) is 95.9 cm³/mol. The average Bonchev–Trinajstić information content (AvgIpc) is 3.08. The zero-order chi connectivity index (χ0) is 16.7. The standard InChI is InChI=1S/C18H30N4O/c1-14(2)12-20-18(19)21-13-16(22-10-6-7-11-22)15-8-4-5-9-17(15)23-3/h4-5,8-9,14,16H,6-7,10-13H2,1-3H3,(H3,19,20,21). The summed E-state index contributed by atoms with van der Waals surface area (Å²) in [6.45, 7) is 8.01. The first kappa shape index (κ1) is 17.6. The van der Waals surface area contributed by atoms with Gasteiger partial charge in [0.15, 0.2) is 5.96 Å². The number of nitrogens with two attached hydrogens (primary N) is 1. The van der Waals surface area contributed by atoms with Crippen LogP contribution in [0.2, 0.25) is 0 Å². The van der Waals surface area contributed by atoms with Gasteiger partial charge in [0.05, 0.1) is 13.2 Å². The van der Waals surface area contributed by atoms with Crippen molar-refractivity contribution in [3.63, 3.8) is 0 Å².